The molecular formula is C12H8ClN3O3. The maximum atomic E-state index is 11.8. The third kappa shape index (κ3) is 2.37. The lowest BCUT2D eigenvalue weighted by atomic mass is 10.2. The number of hydrogen-bond donors (Lipinski definition) is 1. The third-order valence-electron chi connectivity index (χ3n) is 2.46. The fraction of sp³-hybridized carbons (Fsp3) is 0.0833. The van der Waals surface area contributed by atoms with E-state index in [2.05, 4.69) is 4.98 Å². The summed E-state index contributed by atoms with van der Waals surface area (Å²) in [6.07, 6.45) is 1.15. The molecule has 6 nitrogen and oxygen atoms in total. The summed E-state index contributed by atoms with van der Waals surface area (Å²) in [4.78, 5) is 25.2. The Morgan fingerprint density at radius 2 is 2.16 bits per heavy atom. The number of aromatic nitrogens is 2. The molecule has 0 amide bonds. The Morgan fingerprint density at radius 1 is 1.42 bits per heavy atom. The molecular weight excluding hydrogens is 270 g/mol. The molecule has 0 aliphatic carbocycles. The zero-order chi connectivity index (χ0) is 14.0. The van der Waals surface area contributed by atoms with E-state index in [9.17, 15) is 9.59 Å². The van der Waals surface area contributed by atoms with Crippen LogP contribution < -0.4 is 16.0 Å². The summed E-state index contributed by atoms with van der Waals surface area (Å²) in [5, 5.41) is 9.21. The molecule has 0 aliphatic rings. The Morgan fingerprint density at radius 3 is 2.79 bits per heavy atom. The predicted molar refractivity (Wildman–Crippen MR) is 68.9 cm³/mol. The highest BCUT2D eigenvalue weighted by Gasteiger charge is 2.11. The molecule has 1 heterocycles. The molecule has 19 heavy (non-hydrogen) atoms. The number of benzene rings is 1. The van der Waals surface area contributed by atoms with Gasteiger partial charge in [-0.25, -0.2) is 4.79 Å². The molecule has 0 fully saturated rings. The van der Waals surface area contributed by atoms with Crippen LogP contribution in [0.2, 0.25) is 5.02 Å². The normalized spacial score (nSPS) is 9.95. The smallest absolute Gasteiger partial charge is 0.333 e. The quantitative estimate of drug-likeness (QED) is 0.889. The summed E-state index contributed by atoms with van der Waals surface area (Å²) in [5.41, 5.74) is -1.25. The second-order valence-corrected chi connectivity index (χ2v) is 4.04. The Labute approximate surface area is 112 Å². The highest BCUT2D eigenvalue weighted by molar-refractivity contribution is 6.30. The molecule has 2 rings (SSSR count). The SMILES string of the molecule is COc1ccc(Cl)cc1-n1cc(C#N)c(=O)[nH]c1=O. The Bertz CT molecular complexity index is 786. The number of nitriles is 1. The zero-order valence-corrected chi connectivity index (χ0v) is 10.6. The lowest BCUT2D eigenvalue weighted by molar-refractivity contribution is 0.412. The molecule has 1 aromatic carbocycles. The Hall–Kier alpha value is -2.52. The van der Waals surface area contributed by atoms with Gasteiger partial charge >= 0.3 is 5.69 Å². The number of nitrogens with zero attached hydrogens (tertiary/aromatic N) is 2. The average molecular weight is 278 g/mol. The number of halogens is 1. The van der Waals surface area contributed by atoms with Gasteiger partial charge < -0.3 is 4.74 Å². The van der Waals surface area contributed by atoms with Crippen LogP contribution in [0.25, 0.3) is 5.69 Å². The van der Waals surface area contributed by atoms with Gasteiger partial charge in [-0.05, 0) is 18.2 Å². The molecule has 1 aromatic heterocycles. The van der Waals surface area contributed by atoms with Crippen LogP contribution in [0.4, 0.5) is 0 Å². The molecule has 0 saturated heterocycles. The maximum absolute atomic E-state index is 11.8. The van der Waals surface area contributed by atoms with Gasteiger partial charge in [0.1, 0.15) is 17.4 Å². The van der Waals surface area contributed by atoms with Gasteiger partial charge in [0.2, 0.25) is 0 Å². The topological polar surface area (TPSA) is 87.9 Å². The largest absolute Gasteiger partial charge is 0.495 e. The van der Waals surface area contributed by atoms with Crippen LogP contribution in [0.1, 0.15) is 5.56 Å². The maximum Gasteiger partial charge on any atom is 0.333 e. The standard InChI is InChI=1S/C12H8ClN3O3/c1-19-10-3-2-8(13)4-9(10)16-6-7(5-14)11(17)15-12(16)18/h2-4,6H,1H3,(H,15,17,18). The van der Waals surface area contributed by atoms with Crippen LogP contribution in [0.15, 0.2) is 34.0 Å². The molecule has 0 atom stereocenters. The van der Waals surface area contributed by atoms with E-state index >= 15 is 0 Å². The molecule has 0 bridgehead atoms. The molecule has 1 N–H and O–H groups in total. The molecule has 0 saturated carbocycles. The first kappa shape index (κ1) is 12.9. The van der Waals surface area contributed by atoms with E-state index in [0.717, 1.165) is 10.8 Å². The second kappa shape index (κ2) is 5.00. The zero-order valence-electron chi connectivity index (χ0n) is 9.81. The van der Waals surface area contributed by atoms with E-state index in [-0.39, 0.29) is 5.56 Å². The number of rotatable bonds is 2. The predicted octanol–water partition coefficient (Wildman–Crippen LogP) is 1.06. The van der Waals surface area contributed by atoms with E-state index < -0.39 is 11.2 Å². The van der Waals surface area contributed by atoms with Gasteiger partial charge in [0, 0.05) is 11.2 Å². The van der Waals surface area contributed by atoms with Crippen molar-refractivity contribution in [3.8, 4) is 17.5 Å². The summed E-state index contributed by atoms with van der Waals surface area (Å²) < 4.78 is 6.22. The summed E-state index contributed by atoms with van der Waals surface area (Å²) in [5.74, 6) is 0.391. The van der Waals surface area contributed by atoms with Crippen molar-refractivity contribution in [3.63, 3.8) is 0 Å². The van der Waals surface area contributed by atoms with Crippen molar-refractivity contribution in [1.29, 1.82) is 5.26 Å². The van der Waals surface area contributed by atoms with Gasteiger partial charge in [0.25, 0.3) is 5.56 Å². The van der Waals surface area contributed by atoms with Crippen molar-refractivity contribution in [3.05, 3.63) is 55.8 Å². The van der Waals surface area contributed by atoms with Gasteiger partial charge in [-0.3, -0.25) is 14.3 Å². The van der Waals surface area contributed by atoms with E-state index in [0.29, 0.717) is 16.5 Å². The summed E-state index contributed by atoms with van der Waals surface area (Å²) in [6, 6.07) is 6.40. The fourth-order valence-corrected chi connectivity index (χ4v) is 1.75. The molecule has 0 unspecified atom stereocenters. The van der Waals surface area contributed by atoms with Gasteiger partial charge in [-0.2, -0.15) is 5.26 Å². The average Bonchev–Trinajstić information content (AvgIpc) is 2.39. The summed E-state index contributed by atoms with van der Waals surface area (Å²) in [6.45, 7) is 0. The van der Waals surface area contributed by atoms with Crippen molar-refractivity contribution in [2.75, 3.05) is 7.11 Å². The Kier molecular flexibility index (Phi) is 3.40. The number of H-pyrrole nitrogens is 1. The summed E-state index contributed by atoms with van der Waals surface area (Å²) in [7, 11) is 1.44. The monoisotopic (exact) mass is 277 g/mol. The second-order valence-electron chi connectivity index (χ2n) is 3.60. The number of aromatic amines is 1. The lowest BCUT2D eigenvalue weighted by Crippen LogP contribution is -2.30. The van der Waals surface area contributed by atoms with Gasteiger partial charge in [-0.1, -0.05) is 11.6 Å². The lowest BCUT2D eigenvalue weighted by Gasteiger charge is -2.10. The first-order valence-corrected chi connectivity index (χ1v) is 5.54. The molecule has 96 valence electrons. The molecule has 0 radical (unpaired) electrons. The van der Waals surface area contributed by atoms with E-state index in [1.165, 1.54) is 13.2 Å². The minimum Gasteiger partial charge on any atom is -0.495 e. The highest BCUT2D eigenvalue weighted by Crippen LogP contribution is 2.25. The Balaban J connectivity index is 2.79. The first-order valence-electron chi connectivity index (χ1n) is 5.17. The van der Waals surface area contributed by atoms with Gasteiger partial charge in [0.05, 0.1) is 12.8 Å². The highest BCUT2D eigenvalue weighted by atomic mass is 35.5. The van der Waals surface area contributed by atoms with E-state index in [4.69, 9.17) is 21.6 Å². The van der Waals surface area contributed by atoms with Crippen molar-refractivity contribution < 1.29 is 4.74 Å². The third-order valence-corrected chi connectivity index (χ3v) is 2.70. The van der Waals surface area contributed by atoms with Crippen LogP contribution in [0, 0.1) is 11.3 Å². The van der Waals surface area contributed by atoms with Crippen LogP contribution in [0.5, 0.6) is 5.75 Å². The number of hydrogen-bond acceptors (Lipinski definition) is 4. The van der Waals surface area contributed by atoms with Crippen LogP contribution in [0.3, 0.4) is 0 Å². The van der Waals surface area contributed by atoms with Gasteiger partial charge in [0.15, 0.2) is 0 Å². The first-order chi connectivity index (χ1) is 9.06. The van der Waals surface area contributed by atoms with Crippen molar-refractivity contribution >= 4 is 11.6 Å². The number of methoxy groups -OCH3 is 1. The molecule has 2 aromatic rings. The van der Waals surface area contributed by atoms with Gasteiger partial charge in [-0.15, -0.1) is 0 Å². The number of nitrogens with one attached hydrogen (secondary N) is 1. The minimum absolute atomic E-state index is 0.179. The fourth-order valence-electron chi connectivity index (χ4n) is 1.58. The molecule has 0 aliphatic heterocycles. The van der Waals surface area contributed by atoms with E-state index in [1.807, 2.05) is 0 Å². The van der Waals surface area contributed by atoms with Crippen molar-refractivity contribution in [1.82, 2.24) is 9.55 Å². The number of ether oxygens (including phenoxy) is 1. The van der Waals surface area contributed by atoms with Crippen LogP contribution in [-0.2, 0) is 0 Å². The summed E-state index contributed by atoms with van der Waals surface area (Å²) >= 11 is 5.87. The van der Waals surface area contributed by atoms with Crippen LogP contribution >= 0.6 is 11.6 Å². The molecule has 0 spiro atoms. The minimum atomic E-state index is -0.732. The van der Waals surface area contributed by atoms with E-state index in [1.54, 1.807) is 18.2 Å². The van der Waals surface area contributed by atoms with Crippen molar-refractivity contribution in [2.45, 2.75) is 0 Å². The van der Waals surface area contributed by atoms with Crippen molar-refractivity contribution in [2.24, 2.45) is 0 Å². The molecule has 7 heteroatoms. The van der Waals surface area contributed by atoms with Crippen LogP contribution in [-0.4, -0.2) is 16.7 Å².